The molecule has 36 heavy (non-hydrogen) atoms. The first kappa shape index (κ1) is 26.4. The molecule has 8 nitrogen and oxygen atoms in total. The predicted molar refractivity (Wildman–Crippen MR) is 144 cm³/mol. The largest absolute Gasteiger partial charge is 0.503 e. The third kappa shape index (κ3) is 5.50. The highest BCUT2D eigenvalue weighted by Crippen LogP contribution is 2.43. The van der Waals surface area contributed by atoms with Crippen LogP contribution < -0.4 is 10.1 Å². The van der Waals surface area contributed by atoms with Gasteiger partial charge in [0, 0.05) is 16.5 Å². The fraction of sp³-hybridized carbons (Fsp3) is 0.320. The second-order valence-corrected chi connectivity index (χ2v) is 10.2. The van der Waals surface area contributed by atoms with Gasteiger partial charge in [-0.25, -0.2) is 9.48 Å². The fourth-order valence-corrected chi connectivity index (χ4v) is 5.39. The summed E-state index contributed by atoms with van der Waals surface area (Å²) in [5.41, 5.74) is 2.68. The molecule has 190 valence electrons. The monoisotopic (exact) mass is 592 g/mol. The minimum Gasteiger partial charge on any atom is -0.503 e. The number of hydrogen-bond acceptors (Lipinski definition) is 8. The molecule has 0 saturated carbocycles. The van der Waals surface area contributed by atoms with Gasteiger partial charge in [0.2, 0.25) is 11.1 Å². The molecule has 0 amide bonds. The minimum absolute atomic E-state index is 0.0138. The maximum atomic E-state index is 13.2. The van der Waals surface area contributed by atoms with Crippen molar-refractivity contribution in [2.24, 2.45) is 0 Å². The number of aromatic nitrogens is 3. The van der Waals surface area contributed by atoms with Crippen LogP contribution >= 0.6 is 39.3 Å². The zero-order chi connectivity index (χ0) is 25.8. The lowest BCUT2D eigenvalue weighted by molar-refractivity contribution is -0.139. The van der Waals surface area contributed by atoms with E-state index in [1.165, 1.54) is 11.8 Å². The van der Waals surface area contributed by atoms with E-state index in [2.05, 4.69) is 26.2 Å². The van der Waals surface area contributed by atoms with E-state index in [1.807, 2.05) is 45.0 Å². The fourth-order valence-electron chi connectivity index (χ4n) is 3.81. The molecule has 3 aromatic rings. The quantitative estimate of drug-likeness (QED) is 0.219. The van der Waals surface area contributed by atoms with Crippen molar-refractivity contribution < 1.29 is 19.4 Å². The maximum absolute atomic E-state index is 13.2. The summed E-state index contributed by atoms with van der Waals surface area (Å²) in [4.78, 5) is 17.8. The molecule has 2 heterocycles. The molecule has 0 spiro atoms. The van der Waals surface area contributed by atoms with Crippen molar-refractivity contribution in [2.45, 2.75) is 44.1 Å². The Hall–Kier alpha value is -2.69. The molecule has 1 atom stereocenters. The van der Waals surface area contributed by atoms with Crippen LogP contribution in [0.25, 0.3) is 0 Å². The van der Waals surface area contributed by atoms with E-state index in [9.17, 15) is 9.90 Å². The van der Waals surface area contributed by atoms with E-state index in [4.69, 9.17) is 26.2 Å². The molecular formula is C25H26BrClN4O4S. The molecule has 11 heteroatoms. The van der Waals surface area contributed by atoms with Crippen molar-refractivity contribution >= 4 is 51.2 Å². The number of aromatic hydroxyl groups is 1. The van der Waals surface area contributed by atoms with Gasteiger partial charge in [0.25, 0.3) is 0 Å². The van der Waals surface area contributed by atoms with Gasteiger partial charge >= 0.3 is 5.97 Å². The number of hydrogen-bond donors (Lipinski definition) is 2. The highest BCUT2D eigenvalue weighted by molar-refractivity contribution is 9.10. The van der Waals surface area contributed by atoms with Crippen molar-refractivity contribution in [2.75, 3.05) is 18.5 Å². The molecule has 0 aliphatic carbocycles. The zero-order valence-electron chi connectivity index (χ0n) is 20.0. The number of nitrogens with one attached hydrogen (secondary N) is 1. The highest BCUT2D eigenvalue weighted by Gasteiger charge is 2.36. The number of allylic oxidation sites excluding steroid dienone is 1. The van der Waals surface area contributed by atoms with Crippen LogP contribution in [0.15, 0.2) is 57.3 Å². The van der Waals surface area contributed by atoms with E-state index in [0.29, 0.717) is 68.6 Å². The van der Waals surface area contributed by atoms with Gasteiger partial charge in [-0.05, 0) is 65.5 Å². The number of phenols is 1. The smallest absolute Gasteiger partial charge is 0.338 e. The Morgan fingerprint density at radius 3 is 2.81 bits per heavy atom. The molecule has 1 unspecified atom stereocenters. The number of halogens is 2. The molecule has 0 saturated heterocycles. The lowest BCUT2D eigenvalue weighted by Crippen LogP contribution is -2.29. The SMILES string of the molecule is CCCOC(=O)C1=C(C)Nc2nc(SCc3ccccc3Cl)nn2C1c1cc(Br)c(O)c(OCC)c1. The number of phenolic OH excluding ortho intramolecular Hbond substituents is 1. The molecule has 1 aliphatic heterocycles. The number of esters is 1. The zero-order valence-corrected chi connectivity index (χ0v) is 23.2. The summed E-state index contributed by atoms with van der Waals surface area (Å²) >= 11 is 11.2. The summed E-state index contributed by atoms with van der Waals surface area (Å²) in [5.74, 6) is 0.924. The van der Waals surface area contributed by atoms with E-state index in [0.717, 1.165) is 5.56 Å². The van der Waals surface area contributed by atoms with Gasteiger partial charge in [-0.15, -0.1) is 5.10 Å². The van der Waals surface area contributed by atoms with Crippen LogP contribution in [-0.4, -0.2) is 39.1 Å². The third-order valence-electron chi connectivity index (χ3n) is 5.47. The molecule has 1 aliphatic rings. The van der Waals surface area contributed by atoms with Crippen LogP contribution in [0.2, 0.25) is 5.02 Å². The standard InChI is InChI=1S/C25H26BrClN4O4S/c1-4-10-35-23(33)20-14(3)28-24-29-25(36-13-15-8-6-7-9-18(15)27)30-31(24)21(20)16-11-17(26)22(32)19(12-16)34-5-2/h6-9,11-12,21,32H,4-5,10,13H2,1-3H3,(H,28,29,30). The van der Waals surface area contributed by atoms with Crippen molar-refractivity contribution in [1.82, 2.24) is 14.8 Å². The molecule has 0 radical (unpaired) electrons. The number of benzene rings is 2. The molecule has 1 aromatic heterocycles. The lowest BCUT2D eigenvalue weighted by Gasteiger charge is -2.28. The Morgan fingerprint density at radius 1 is 1.31 bits per heavy atom. The molecular weight excluding hydrogens is 568 g/mol. The van der Waals surface area contributed by atoms with Crippen LogP contribution in [0.5, 0.6) is 11.5 Å². The van der Waals surface area contributed by atoms with E-state index in [-0.39, 0.29) is 5.75 Å². The average molecular weight is 594 g/mol. The topological polar surface area (TPSA) is 98.5 Å². The minimum atomic E-state index is -0.649. The van der Waals surface area contributed by atoms with Crippen molar-refractivity contribution in [3.05, 3.63) is 68.3 Å². The second-order valence-electron chi connectivity index (χ2n) is 8.03. The van der Waals surface area contributed by atoms with Crippen molar-refractivity contribution in [3.63, 3.8) is 0 Å². The van der Waals surface area contributed by atoms with E-state index >= 15 is 0 Å². The summed E-state index contributed by atoms with van der Waals surface area (Å²) in [7, 11) is 0. The molecule has 4 rings (SSSR count). The Kier molecular flexibility index (Phi) is 8.48. The van der Waals surface area contributed by atoms with E-state index < -0.39 is 12.0 Å². The first-order chi connectivity index (χ1) is 17.3. The van der Waals surface area contributed by atoms with Gasteiger partial charge in [0.1, 0.15) is 6.04 Å². The van der Waals surface area contributed by atoms with E-state index in [1.54, 1.807) is 16.8 Å². The van der Waals surface area contributed by atoms with Crippen LogP contribution in [0.4, 0.5) is 5.95 Å². The Labute approximate surface area is 227 Å². The molecule has 0 bridgehead atoms. The lowest BCUT2D eigenvalue weighted by atomic mass is 9.95. The summed E-state index contributed by atoms with van der Waals surface area (Å²) < 4.78 is 13.3. The van der Waals surface area contributed by atoms with Crippen molar-refractivity contribution in [1.29, 1.82) is 0 Å². The number of rotatable bonds is 9. The number of carbonyl (C=O) groups excluding carboxylic acids is 1. The van der Waals surface area contributed by atoms with Gasteiger partial charge in [-0.1, -0.05) is 48.5 Å². The number of anilines is 1. The number of nitrogens with zero attached hydrogens (tertiary/aromatic N) is 3. The third-order valence-corrected chi connectivity index (χ3v) is 7.33. The van der Waals surface area contributed by atoms with Gasteiger partial charge in [-0.3, -0.25) is 0 Å². The van der Waals surface area contributed by atoms with Crippen LogP contribution in [0.3, 0.4) is 0 Å². The summed E-state index contributed by atoms with van der Waals surface area (Å²) in [6, 6.07) is 10.4. The number of ether oxygens (including phenoxy) is 2. The first-order valence-electron chi connectivity index (χ1n) is 11.5. The first-order valence-corrected chi connectivity index (χ1v) is 13.6. The van der Waals surface area contributed by atoms with Crippen LogP contribution in [0.1, 0.15) is 44.4 Å². The Balaban J connectivity index is 1.76. The number of fused-ring (bicyclic) bond motifs is 1. The summed E-state index contributed by atoms with van der Waals surface area (Å²) in [6.45, 7) is 6.25. The molecule has 2 N–H and O–H groups in total. The number of carbonyl (C=O) groups is 1. The summed E-state index contributed by atoms with van der Waals surface area (Å²) in [6.07, 6.45) is 0.701. The molecule has 2 aromatic carbocycles. The Bertz CT molecular complexity index is 1310. The predicted octanol–water partition coefficient (Wildman–Crippen LogP) is 6.33. The van der Waals surface area contributed by atoms with Crippen LogP contribution in [0, 0.1) is 0 Å². The molecule has 0 fully saturated rings. The van der Waals surface area contributed by atoms with Crippen molar-refractivity contribution in [3.8, 4) is 11.5 Å². The highest BCUT2D eigenvalue weighted by atomic mass is 79.9. The average Bonchev–Trinajstić information content (AvgIpc) is 3.26. The normalized spacial score (nSPS) is 14.9. The maximum Gasteiger partial charge on any atom is 0.338 e. The Morgan fingerprint density at radius 2 is 2.08 bits per heavy atom. The van der Waals surface area contributed by atoms with Gasteiger partial charge in [0.15, 0.2) is 11.5 Å². The van der Waals surface area contributed by atoms with Gasteiger partial charge in [-0.2, -0.15) is 4.98 Å². The number of thioether (sulfide) groups is 1. The van der Waals surface area contributed by atoms with Gasteiger partial charge in [0.05, 0.1) is 23.3 Å². The van der Waals surface area contributed by atoms with Gasteiger partial charge < -0.3 is 19.9 Å². The summed E-state index contributed by atoms with van der Waals surface area (Å²) in [5, 5.41) is 19.6. The second kappa shape index (κ2) is 11.6. The van der Waals surface area contributed by atoms with Crippen LogP contribution in [-0.2, 0) is 15.3 Å².